The van der Waals surface area contributed by atoms with Crippen LogP contribution in [-0.2, 0) is 16.6 Å². The number of hydrogen-bond acceptors (Lipinski definition) is 7. The van der Waals surface area contributed by atoms with Crippen LogP contribution in [0.4, 0.5) is 9.52 Å². The van der Waals surface area contributed by atoms with Gasteiger partial charge in [-0.1, -0.05) is 24.1 Å². The summed E-state index contributed by atoms with van der Waals surface area (Å²) in [5.74, 6) is -0.860. The molecule has 0 bridgehead atoms. The predicted octanol–water partition coefficient (Wildman–Crippen LogP) is 4.25. The van der Waals surface area contributed by atoms with Gasteiger partial charge < -0.3 is 0 Å². The average molecular weight is 468 g/mol. The van der Waals surface area contributed by atoms with Crippen LogP contribution < -0.4 is 4.72 Å². The highest BCUT2D eigenvalue weighted by atomic mass is 35.5. The summed E-state index contributed by atoms with van der Waals surface area (Å²) in [6.45, 7) is 1.26. The first kappa shape index (κ1) is 21.1. The van der Waals surface area contributed by atoms with Crippen molar-refractivity contribution in [2.75, 3.05) is 11.3 Å². The highest BCUT2D eigenvalue weighted by Gasteiger charge is 2.27. The molecule has 1 fully saturated rings. The minimum atomic E-state index is -4.16. The van der Waals surface area contributed by atoms with E-state index in [1.165, 1.54) is 12.4 Å². The molecule has 1 aromatic carbocycles. The molecule has 1 N–H and O–H groups in total. The second kappa shape index (κ2) is 8.93. The minimum absolute atomic E-state index is 0.0576. The predicted molar refractivity (Wildman–Crippen MR) is 113 cm³/mol. The quantitative estimate of drug-likeness (QED) is 0.583. The first-order chi connectivity index (χ1) is 14.4. The topological polar surface area (TPSA) is 88.1 Å². The van der Waals surface area contributed by atoms with E-state index >= 15 is 0 Å². The molecule has 4 rings (SSSR count). The number of likely N-dealkylation sites (tertiary alicyclic amines) is 1. The number of hydrogen-bond donors (Lipinski definition) is 1. The van der Waals surface area contributed by atoms with Gasteiger partial charge in [-0.25, -0.2) is 17.8 Å². The van der Waals surface area contributed by atoms with Crippen molar-refractivity contribution in [1.29, 1.82) is 0 Å². The molecule has 0 amide bonds. The molecule has 0 saturated carbocycles. The first-order valence-corrected chi connectivity index (χ1v) is 12.0. The third-order valence-electron chi connectivity index (χ3n) is 5.03. The Morgan fingerprint density at radius 3 is 2.93 bits per heavy atom. The van der Waals surface area contributed by atoms with Crippen molar-refractivity contribution in [3.8, 4) is 0 Å². The fourth-order valence-corrected chi connectivity index (χ4v) is 5.67. The lowest BCUT2D eigenvalue weighted by Crippen LogP contribution is -2.33. The summed E-state index contributed by atoms with van der Waals surface area (Å²) in [6, 6.07) is 6.45. The van der Waals surface area contributed by atoms with Crippen LogP contribution in [-0.4, -0.2) is 34.2 Å². The lowest BCUT2D eigenvalue weighted by Gasteiger charge is -2.36. The van der Waals surface area contributed by atoms with Gasteiger partial charge in [0, 0.05) is 41.5 Å². The highest BCUT2D eigenvalue weighted by molar-refractivity contribution is 7.93. The van der Waals surface area contributed by atoms with E-state index in [-0.39, 0.29) is 16.2 Å². The Labute approximate surface area is 183 Å². The molecule has 0 radical (unpaired) electrons. The number of nitrogens with one attached hydrogen (secondary N) is 1. The van der Waals surface area contributed by atoms with E-state index in [1.807, 2.05) is 18.3 Å². The van der Waals surface area contributed by atoms with E-state index in [4.69, 9.17) is 11.6 Å². The second-order valence-corrected chi connectivity index (χ2v) is 9.83. The fourth-order valence-electron chi connectivity index (χ4n) is 3.63. The zero-order chi connectivity index (χ0) is 21.1. The molecule has 158 valence electrons. The molecule has 0 spiro atoms. The summed E-state index contributed by atoms with van der Waals surface area (Å²) < 4.78 is 45.8. The Kier molecular flexibility index (Phi) is 6.28. The fraction of sp³-hybridized carbons (Fsp3) is 0.316. The maximum atomic E-state index is 14.8. The Morgan fingerprint density at radius 1 is 1.33 bits per heavy atom. The van der Waals surface area contributed by atoms with Gasteiger partial charge in [0.15, 0.2) is 0 Å². The van der Waals surface area contributed by atoms with Crippen molar-refractivity contribution in [3.63, 3.8) is 0 Å². The maximum Gasteiger partial charge on any atom is 0.266 e. The molecule has 30 heavy (non-hydrogen) atoms. The maximum absolute atomic E-state index is 14.8. The third-order valence-corrected chi connectivity index (χ3v) is 7.44. The summed E-state index contributed by atoms with van der Waals surface area (Å²) in [4.78, 5) is 9.68. The smallest absolute Gasteiger partial charge is 0.266 e. The summed E-state index contributed by atoms with van der Waals surface area (Å²) in [7, 11) is -4.16. The minimum Gasteiger partial charge on any atom is -0.292 e. The molecule has 1 aliphatic rings. The Bertz CT molecular complexity index is 1110. The highest BCUT2D eigenvalue weighted by Crippen LogP contribution is 2.34. The van der Waals surface area contributed by atoms with Crippen LogP contribution >= 0.6 is 23.1 Å². The van der Waals surface area contributed by atoms with E-state index < -0.39 is 20.7 Å². The molecule has 2 aromatic heterocycles. The SMILES string of the molecule is O=S(=O)(Nc1ncns1)c1cc(Cl)c(CN2CCCC[C@H]2c2cccnc2)cc1F. The van der Waals surface area contributed by atoms with E-state index in [2.05, 4.69) is 24.0 Å². The van der Waals surface area contributed by atoms with Crippen molar-refractivity contribution < 1.29 is 12.8 Å². The zero-order valence-electron chi connectivity index (χ0n) is 15.8. The number of rotatable bonds is 6. The van der Waals surface area contributed by atoms with Crippen molar-refractivity contribution in [2.24, 2.45) is 0 Å². The summed E-state index contributed by atoms with van der Waals surface area (Å²) in [6.07, 6.45) is 7.91. The first-order valence-electron chi connectivity index (χ1n) is 9.35. The van der Waals surface area contributed by atoms with Crippen LogP contribution in [0.15, 0.2) is 47.9 Å². The van der Waals surface area contributed by atoms with Gasteiger partial charge in [0.1, 0.15) is 17.0 Å². The van der Waals surface area contributed by atoms with Crippen molar-refractivity contribution in [1.82, 2.24) is 19.2 Å². The second-order valence-electron chi connectivity index (χ2n) is 6.99. The number of piperidine rings is 1. The molecule has 0 unspecified atom stereocenters. The molecule has 0 aliphatic carbocycles. The largest absolute Gasteiger partial charge is 0.292 e. The molecule has 7 nitrogen and oxygen atoms in total. The number of benzene rings is 1. The Hall–Kier alpha value is -2.14. The van der Waals surface area contributed by atoms with Crippen molar-refractivity contribution in [2.45, 2.75) is 36.7 Å². The molecule has 3 heterocycles. The molecule has 1 aliphatic heterocycles. The summed E-state index contributed by atoms with van der Waals surface area (Å²) in [5.41, 5.74) is 1.65. The molecular formula is C19H19ClFN5O2S2. The van der Waals surface area contributed by atoms with Gasteiger partial charge in [-0.3, -0.25) is 14.6 Å². The van der Waals surface area contributed by atoms with Crippen LogP contribution in [0.5, 0.6) is 0 Å². The van der Waals surface area contributed by atoms with Crippen LogP contribution in [0.1, 0.15) is 36.4 Å². The summed E-state index contributed by atoms with van der Waals surface area (Å²) >= 11 is 7.24. The number of anilines is 1. The summed E-state index contributed by atoms with van der Waals surface area (Å²) in [5, 5.41) is 0.256. The zero-order valence-corrected chi connectivity index (χ0v) is 18.2. The Balaban J connectivity index is 1.58. The molecule has 1 atom stereocenters. The van der Waals surface area contributed by atoms with E-state index in [1.54, 1.807) is 6.20 Å². The van der Waals surface area contributed by atoms with Crippen LogP contribution in [0.2, 0.25) is 5.02 Å². The number of aromatic nitrogens is 3. The molecular weight excluding hydrogens is 449 g/mol. The van der Waals surface area contributed by atoms with Gasteiger partial charge in [0.05, 0.1) is 0 Å². The number of pyridine rings is 1. The monoisotopic (exact) mass is 467 g/mol. The van der Waals surface area contributed by atoms with Crippen LogP contribution in [0.25, 0.3) is 0 Å². The normalized spacial score (nSPS) is 17.7. The average Bonchev–Trinajstić information content (AvgIpc) is 3.23. The standard InChI is InChI=1S/C19H19ClFN5O2S2/c20-15-9-18(30(27,28)25-19-23-12-24-29-19)16(21)8-14(15)11-26-7-2-1-5-17(26)13-4-3-6-22-10-13/h3-4,6,8-10,12,17H,1-2,5,7,11H2,(H,23,24,25)/t17-/m0/s1. The number of nitrogens with zero attached hydrogens (tertiary/aromatic N) is 4. The van der Waals surface area contributed by atoms with Crippen LogP contribution in [0, 0.1) is 5.82 Å². The van der Waals surface area contributed by atoms with Crippen molar-refractivity contribution in [3.05, 3.63) is 65.0 Å². The van der Waals surface area contributed by atoms with Gasteiger partial charge in [-0.15, -0.1) is 0 Å². The van der Waals surface area contributed by atoms with Crippen molar-refractivity contribution >= 4 is 38.3 Å². The number of halogens is 2. The van der Waals surface area contributed by atoms with E-state index in [0.717, 1.165) is 49.0 Å². The van der Waals surface area contributed by atoms with Crippen LogP contribution in [0.3, 0.4) is 0 Å². The lowest BCUT2D eigenvalue weighted by atomic mass is 9.96. The van der Waals surface area contributed by atoms with Gasteiger partial charge in [-0.2, -0.15) is 4.37 Å². The molecule has 11 heteroatoms. The van der Waals surface area contributed by atoms with Gasteiger partial charge >= 0.3 is 0 Å². The third kappa shape index (κ3) is 4.61. The van der Waals surface area contributed by atoms with E-state index in [0.29, 0.717) is 12.1 Å². The van der Waals surface area contributed by atoms with Gasteiger partial charge in [0.25, 0.3) is 10.0 Å². The van der Waals surface area contributed by atoms with E-state index in [9.17, 15) is 12.8 Å². The number of sulfonamides is 1. The molecule has 3 aromatic rings. The van der Waals surface area contributed by atoms with Gasteiger partial charge in [-0.05, 0) is 48.7 Å². The molecule has 1 saturated heterocycles. The lowest BCUT2D eigenvalue weighted by molar-refractivity contribution is 0.140. The van der Waals surface area contributed by atoms with Gasteiger partial charge in [0.2, 0.25) is 5.13 Å². The Morgan fingerprint density at radius 2 is 2.20 bits per heavy atom.